The lowest BCUT2D eigenvalue weighted by molar-refractivity contribution is 0.0696. The topological polar surface area (TPSA) is 55.1 Å². The number of hydrogen-bond donors (Lipinski definition) is 1. The summed E-state index contributed by atoms with van der Waals surface area (Å²) < 4.78 is 1.96. The predicted molar refractivity (Wildman–Crippen MR) is 74.7 cm³/mol. The van der Waals surface area contributed by atoms with Gasteiger partial charge in [0.15, 0.2) is 0 Å². The lowest BCUT2D eigenvalue weighted by atomic mass is 10.1. The Bertz CT molecular complexity index is 606. The highest BCUT2D eigenvalue weighted by molar-refractivity contribution is 6.36. The summed E-state index contributed by atoms with van der Waals surface area (Å²) in [7, 11) is 0. The molecule has 5 heteroatoms. The number of carbonyl (C=O) groups is 1. The summed E-state index contributed by atoms with van der Waals surface area (Å²) in [5.41, 5.74) is 2.50. The highest BCUT2D eigenvalue weighted by Crippen LogP contribution is 2.35. The Morgan fingerprint density at radius 1 is 1.42 bits per heavy atom. The standard InChI is InChI=1S/C14H15ClN2O2/c1-3-8-17-9(2)11(14(18)19)12(15)13(17)10-4-6-16-7-5-10/h4-7H,3,8H2,1-2H3,(H,18,19). The van der Waals surface area contributed by atoms with Crippen LogP contribution in [0.2, 0.25) is 5.02 Å². The summed E-state index contributed by atoms with van der Waals surface area (Å²) in [5, 5.41) is 9.59. The van der Waals surface area contributed by atoms with Crippen LogP contribution in [0, 0.1) is 6.92 Å². The first-order chi connectivity index (χ1) is 9.07. The van der Waals surface area contributed by atoms with Crippen molar-refractivity contribution in [2.24, 2.45) is 0 Å². The van der Waals surface area contributed by atoms with Gasteiger partial charge in [-0.1, -0.05) is 18.5 Å². The zero-order valence-corrected chi connectivity index (χ0v) is 11.6. The Labute approximate surface area is 116 Å². The smallest absolute Gasteiger partial charge is 0.339 e. The van der Waals surface area contributed by atoms with Crippen molar-refractivity contribution in [3.8, 4) is 11.3 Å². The van der Waals surface area contributed by atoms with Crippen LogP contribution in [0.25, 0.3) is 11.3 Å². The molecule has 1 N–H and O–H groups in total. The quantitative estimate of drug-likeness (QED) is 0.929. The molecular weight excluding hydrogens is 264 g/mol. The highest BCUT2D eigenvalue weighted by atomic mass is 35.5. The summed E-state index contributed by atoms with van der Waals surface area (Å²) in [5.74, 6) is -0.993. The van der Waals surface area contributed by atoms with E-state index in [1.165, 1.54) is 0 Å². The van der Waals surface area contributed by atoms with E-state index in [-0.39, 0.29) is 5.56 Å². The third kappa shape index (κ3) is 2.36. The van der Waals surface area contributed by atoms with Crippen molar-refractivity contribution >= 4 is 17.6 Å². The molecule has 4 nitrogen and oxygen atoms in total. The SMILES string of the molecule is CCCn1c(C)c(C(=O)O)c(Cl)c1-c1ccncc1. The number of pyridine rings is 1. The molecule has 0 aliphatic rings. The van der Waals surface area contributed by atoms with Gasteiger partial charge in [-0.25, -0.2) is 4.79 Å². The summed E-state index contributed by atoms with van der Waals surface area (Å²) in [4.78, 5) is 15.3. The fourth-order valence-electron chi connectivity index (χ4n) is 2.24. The minimum Gasteiger partial charge on any atom is -0.478 e. The molecule has 0 atom stereocenters. The van der Waals surface area contributed by atoms with Gasteiger partial charge in [0.05, 0.1) is 16.3 Å². The Morgan fingerprint density at radius 3 is 2.58 bits per heavy atom. The first-order valence-electron chi connectivity index (χ1n) is 6.10. The van der Waals surface area contributed by atoms with Crippen LogP contribution in [0.3, 0.4) is 0 Å². The first kappa shape index (κ1) is 13.6. The van der Waals surface area contributed by atoms with Crippen molar-refractivity contribution in [1.82, 2.24) is 9.55 Å². The van der Waals surface area contributed by atoms with Gasteiger partial charge in [-0.05, 0) is 25.5 Å². The average Bonchev–Trinajstić information content (AvgIpc) is 2.63. The first-order valence-corrected chi connectivity index (χ1v) is 6.48. The molecule has 0 saturated carbocycles. The van der Waals surface area contributed by atoms with Crippen molar-refractivity contribution in [3.05, 3.63) is 40.8 Å². The van der Waals surface area contributed by atoms with Crippen LogP contribution >= 0.6 is 11.6 Å². The minimum atomic E-state index is -0.993. The van der Waals surface area contributed by atoms with Gasteiger partial charge >= 0.3 is 5.97 Å². The van der Waals surface area contributed by atoms with E-state index in [0.717, 1.165) is 24.2 Å². The summed E-state index contributed by atoms with van der Waals surface area (Å²) in [6.45, 7) is 4.57. The summed E-state index contributed by atoms with van der Waals surface area (Å²) in [6.07, 6.45) is 4.25. The number of rotatable bonds is 4. The Morgan fingerprint density at radius 2 is 2.05 bits per heavy atom. The average molecular weight is 279 g/mol. The van der Waals surface area contributed by atoms with E-state index in [4.69, 9.17) is 11.6 Å². The maximum atomic E-state index is 11.3. The zero-order valence-electron chi connectivity index (χ0n) is 10.9. The van der Waals surface area contributed by atoms with E-state index in [1.54, 1.807) is 19.3 Å². The molecule has 0 fully saturated rings. The maximum Gasteiger partial charge on any atom is 0.339 e. The number of aromatic nitrogens is 2. The van der Waals surface area contributed by atoms with Crippen LogP contribution in [-0.2, 0) is 6.54 Å². The maximum absolute atomic E-state index is 11.3. The van der Waals surface area contributed by atoms with E-state index in [1.807, 2.05) is 23.6 Å². The molecule has 0 bridgehead atoms. The van der Waals surface area contributed by atoms with Crippen molar-refractivity contribution in [3.63, 3.8) is 0 Å². The normalized spacial score (nSPS) is 10.7. The molecule has 0 aromatic carbocycles. The minimum absolute atomic E-state index is 0.182. The van der Waals surface area contributed by atoms with Gasteiger partial charge in [0.2, 0.25) is 0 Å². The third-order valence-electron chi connectivity index (χ3n) is 3.08. The molecule has 2 heterocycles. The van der Waals surface area contributed by atoms with Gasteiger partial charge < -0.3 is 9.67 Å². The van der Waals surface area contributed by atoms with Crippen LogP contribution in [0.15, 0.2) is 24.5 Å². The summed E-state index contributed by atoms with van der Waals surface area (Å²) >= 11 is 6.28. The van der Waals surface area contributed by atoms with Crippen molar-refractivity contribution in [2.45, 2.75) is 26.8 Å². The Balaban J connectivity index is 2.72. The van der Waals surface area contributed by atoms with Crippen LogP contribution < -0.4 is 0 Å². The fourth-order valence-corrected chi connectivity index (χ4v) is 2.67. The number of carboxylic acids is 1. The van der Waals surface area contributed by atoms with Crippen LogP contribution in [0.1, 0.15) is 29.4 Å². The molecular formula is C14H15ClN2O2. The zero-order chi connectivity index (χ0) is 14.0. The Hall–Kier alpha value is -1.81. The molecule has 0 aliphatic heterocycles. The molecule has 0 aliphatic carbocycles. The van der Waals surface area contributed by atoms with E-state index in [0.29, 0.717) is 10.7 Å². The molecule has 2 rings (SSSR count). The van der Waals surface area contributed by atoms with Crippen LogP contribution in [0.4, 0.5) is 0 Å². The fraction of sp³-hybridized carbons (Fsp3) is 0.286. The van der Waals surface area contributed by atoms with E-state index in [2.05, 4.69) is 4.98 Å². The molecule has 19 heavy (non-hydrogen) atoms. The molecule has 0 spiro atoms. The van der Waals surface area contributed by atoms with Gasteiger partial charge in [0, 0.05) is 30.2 Å². The van der Waals surface area contributed by atoms with Gasteiger partial charge in [-0.3, -0.25) is 4.98 Å². The third-order valence-corrected chi connectivity index (χ3v) is 3.45. The van der Waals surface area contributed by atoms with E-state index in [9.17, 15) is 9.90 Å². The number of halogens is 1. The monoisotopic (exact) mass is 278 g/mol. The van der Waals surface area contributed by atoms with Gasteiger partial charge in [-0.15, -0.1) is 0 Å². The van der Waals surface area contributed by atoms with Crippen molar-refractivity contribution in [1.29, 1.82) is 0 Å². The molecule has 0 amide bonds. The molecule has 0 saturated heterocycles. The van der Waals surface area contributed by atoms with E-state index < -0.39 is 5.97 Å². The van der Waals surface area contributed by atoms with Gasteiger partial charge in [-0.2, -0.15) is 0 Å². The molecule has 100 valence electrons. The van der Waals surface area contributed by atoms with E-state index >= 15 is 0 Å². The number of hydrogen-bond acceptors (Lipinski definition) is 2. The second-order valence-corrected chi connectivity index (χ2v) is 4.69. The van der Waals surface area contributed by atoms with Crippen LogP contribution in [-0.4, -0.2) is 20.6 Å². The molecule has 2 aromatic rings. The molecule has 0 unspecified atom stereocenters. The van der Waals surface area contributed by atoms with Crippen molar-refractivity contribution in [2.75, 3.05) is 0 Å². The summed E-state index contributed by atoms with van der Waals surface area (Å²) in [6, 6.07) is 3.66. The second-order valence-electron chi connectivity index (χ2n) is 4.32. The second kappa shape index (κ2) is 5.45. The Kier molecular flexibility index (Phi) is 3.90. The largest absolute Gasteiger partial charge is 0.478 e. The lowest BCUT2D eigenvalue weighted by Gasteiger charge is -2.10. The number of nitrogens with zero attached hydrogens (tertiary/aromatic N) is 2. The number of carboxylic acid groups (broad SMARTS) is 1. The van der Waals surface area contributed by atoms with Gasteiger partial charge in [0.25, 0.3) is 0 Å². The lowest BCUT2D eigenvalue weighted by Crippen LogP contribution is -2.04. The van der Waals surface area contributed by atoms with Crippen molar-refractivity contribution < 1.29 is 9.90 Å². The predicted octanol–water partition coefficient (Wildman–Crippen LogP) is 3.62. The van der Waals surface area contributed by atoms with Crippen LogP contribution in [0.5, 0.6) is 0 Å². The number of aromatic carboxylic acids is 1. The van der Waals surface area contributed by atoms with Gasteiger partial charge in [0.1, 0.15) is 0 Å². The highest BCUT2D eigenvalue weighted by Gasteiger charge is 2.24. The molecule has 2 aromatic heterocycles. The molecule has 0 radical (unpaired) electrons.